The number of carboxylic acids is 1. The number of aromatic hydroxyl groups is 1. The maximum atomic E-state index is 11.8. The highest BCUT2D eigenvalue weighted by Crippen LogP contribution is 2.27. The number of benzene rings is 1. The third kappa shape index (κ3) is 6.16. The van der Waals surface area contributed by atoms with E-state index in [1.807, 2.05) is 0 Å². The summed E-state index contributed by atoms with van der Waals surface area (Å²) in [6.45, 7) is 2.18. The van der Waals surface area contributed by atoms with Gasteiger partial charge in [-0.05, 0) is 18.6 Å². The van der Waals surface area contributed by atoms with Crippen LogP contribution in [0.15, 0.2) is 18.2 Å². The summed E-state index contributed by atoms with van der Waals surface area (Å²) in [6.07, 6.45) is 8.27. The third-order valence-electron chi connectivity index (χ3n) is 3.55. The van der Waals surface area contributed by atoms with Gasteiger partial charge in [-0.2, -0.15) is 0 Å². The smallest absolute Gasteiger partial charge is 0.339 e. The number of anilines is 1. The molecule has 1 rings (SSSR count). The van der Waals surface area contributed by atoms with Crippen molar-refractivity contribution in [3.8, 4) is 5.75 Å². The minimum atomic E-state index is -1.22. The predicted octanol–water partition coefficient (Wildman–Crippen LogP) is 4.17. The molecule has 5 nitrogen and oxygen atoms in total. The Morgan fingerprint density at radius 3 is 2.32 bits per heavy atom. The summed E-state index contributed by atoms with van der Waals surface area (Å²) in [5, 5.41) is 21.3. The van der Waals surface area contributed by atoms with E-state index in [9.17, 15) is 14.7 Å². The van der Waals surface area contributed by atoms with Crippen LogP contribution in [0.1, 0.15) is 68.6 Å². The van der Waals surface area contributed by atoms with E-state index in [4.69, 9.17) is 5.11 Å². The second kappa shape index (κ2) is 9.82. The minimum absolute atomic E-state index is 0.146. The summed E-state index contributed by atoms with van der Waals surface area (Å²) < 4.78 is 0. The van der Waals surface area contributed by atoms with Crippen LogP contribution in [-0.2, 0) is 4.79 Å². The Morgan fingerprint density at radius 1 is 1.05 bits per heavy atom. The van der Waals surface area contributed by atoms with Gasteiger partial charge in [-0.25, -0.2) is 4.79 Å². The molecule has 0 aliphatic rings. The molecule has 0 aromatic heterocycles. The summed E-state index contributed by atoms with van der Waals surface area (Å²) in [5.41, 5.74) is -0.0680. The van der Waals surface area contributed by atoms with Gasteiger partial charge in [0, 0.05) is 6.42 Å². The number of rotatable bonds is 10. The molecule has 0 saturated carbocycles. The number of aromatic carboxylic acids is 1. The average Bonchev–Trinajstić information content (AvgIpc) is 2.48. The topological polar surface area (TPSA) is 86.6 Å². The number of carbonyl (C=O) groups excluding carboxylic acids is 1. The molecule has 0 fully saturated rings. The van der Waals surface area contributed by atoms with Gasteiger partial charge in [0.25, 0.3) is 0 Å². The van der Waals surface area contributed by atoms with Crippen molar-refractivity contribution in [2.24, 2.45) is 0 Å². The number of carbonyl (C=O) groups is 2. The van der Waals surface area contributed by atoms with Crippen LogP contribution in [0.3, 0.4) is 0 Å². The number of carboxylic acid groups (broad SMARTS) is 1. The molecule has 22 heavy (non-hydrogen) atoms. The van der Waals surface area contributed by atoms with Crippen molar-refractivity contribution >= 4 is 17.6 Å². The first-order valence-electron chi connectivity index (χ1n) is 7.91. The maximum Gasteiger partial charge on any atom is 0.339 e. The van der Waals surface area contributed by atoms with E-state index in [1.165, 1.54) is 43.9 Å². The number of hydrogen-bond acceptors (Lipinski definition) is 3. The molecule has 0 radical (unpaired) electrons. The molecule has 0 bridgehead atoms. The first kappa shape index (κ1) is 18.0. The lowest BCUT2D eigenvalue weighted by Crippen LogP contribution is -2.12. The SMILES string of the molecule is CCCCCCCCCC(=O)Nc1cccc(C(=O)O)c1O. The second-order valence-corrected chi connectivity index (χ2v) is 5.43. The minimum Gasteiger partial charge on any atom is -0.505 e. The number of unbranched alkanes of at least 4 members (excludes halogenated alkanes) is 6. The Morgan fingerprint density at radius 2 is 1.68 bits per heavy atom. The summed E-state index contributed by atoms with van der Waals surface area (Å²) in [6, 6.07) is 4.28. The number of amides is 1. The van der Waals surface area contributed by atoms with Gasteiger partial charge in [-0.1, -0.05) is 51.5 Å². The largest absolute Gasteiger partial charge is 0.505 e. The molecule has 1 aromatic carbocycles. The predicted molar refractivity (Wildman–Crippen MR) is 86.3 cm³/mol. The van der Waals surface area contributed by atoms with Crippen LogP contribution in [0.5, 0.6) is 5.75 Å². The van der Waals surface area contributed by atoms with Crippen LogP contribution in [-0.4, -0.2) is 22.1 Å². The first-order chi connectivity index (χ1) is 10.6. The Balaban J connectivity index is 2.34. The van der Waals surface area contributed by atoms with Gasteiger partial charge in [0.1, 0.15) is 5.56 Å². The highest BCUT2D eigenvalue weighted by molar-refractivity contribution is 5.97. The third-order valence-corrected chi connectivity index (χ3v) is 3.55. The highest BCUT2D eigenvalue weighted by atomic mass is 16.4. The van der Waals surface area contributed by atoms with E-state index < -0.39 is 11.7 Å². The summed E-state index contributed by atoms with van der Waals surface area (Å²) in [7, 11) is 0. The number of phenols is 1. The summed E-state index contributed by atoms with van der Waals surface area (Å²) in [5.74, 6) is -1.82. The van der Waals surface area contributed by atoms with Gasteiger partial charge in [-0.3, -0.25) is 4.79 Å². The fourth-order valence-corrected chi connectivity index (χ4v) is 2.27. The molecule has 0 saturated heterocycles. The Kier molecular flexibility index (Phi) is 8.04. The van der Waals surface area contributed by atoms with Crippen LogP contribution < -0.4 is 5.32 Å². The summed E-state index contributed by atoms with van der Waals surface area (Å²) in [4.78, 5) is 22.7. The Hall–Kier alpha value is -2.04. The van der Waals surface area contributed by atoms with E-state index in [1.54, 1.807) is 0 Å². The molecule has 122 valence electrons. The van der Waals surface area contributed by atoms with E-state index in [-0.39, 0.29) is 17.2 Å². The zero-order chi connectivity index (χ0) is 16.4. The lowest BCUT2D eigenvalue weighted by atomic mass is 10.1. The van der Waals surface area contributed by atoms with E-state index >= 15 is 0 Å². The molecule has 0 aliphatic carbocycles. The molecule has 5 heteroatoms. The Bertz CT molecular complexity index is 499. The van der Waals surface area contributed by atoms with Crippen molar-refractivity contribution in [2.75, 3.05) is 5.32 Å². The highest BCUT2D eigenvalue weighted by Gasteiger charge is 2.14. The maximum absolute atomic E-state index is 11.8. The lowest BCUT2D eigenvalue weighted by Gasteiger charge is -2.09. The molecule has 0 aliphatic heterocycles. The van der Waals surface area contributed by atoms with E-state index in [0.717, 1.165) is 19.3 Å². The van der Waals surface area contributed by atoms with Crippen LogP contribution in [0.25, 0.3) is 0 Å². The number of nitrogens with one attached hydrogen (secondary N) is 1. The molecule has 1 aromatic rings. The summed E-state index contributed by atoms with van der Waals surface area (Å²) >= 11 is 0. The van der Waals surface area contributed by atoms with Crippen LogP contribution in [0.4, 0.5) is 5.69 Å². The zero-order valence-electron chi connectivity index (χ0n) is 13.1. The van der Waals surface area contributed by atoms with Crippen LogP contribution in [0.2, 0.25) is 0 Å². The van der Waals surface area contributed by atoms with Crippen molar-refractivity contribution in [1.29, 1.82) is 0 Å². The fourth-order valence-electron chi connectivity index (χ4n) is 2.27. The number of para-hydroxylation sites is 1. The van der Waals surface area contributed by atoms with Gasteiger partial charge in [-0.15, -0.1) is 0 Å². The van der Waals surface area contributed by atoms with E-state index in [0.29, 0.717) is 6.42 Å². The zero-order valence-corrected chi connectivity index (χ0v) is 13.1. The van der Waals surface area contributed by atoms with Gasteiger partial charge in [0.05, 0.1) is 5.69 Å². The molecule has 1 amide bonds. The van der Waals surface area contributed by atoms with Crippen molar-refractivity contribution in [3.05, 3.63) is 23.8 Å². The van der Waals surface area contributed by atoms with Gasteiger partial charge in [0.2, 0.25) is 5.91 Å². The van der Waals surface area contributed by atoms with Gasteiger partial charge in [0.15, 0.2) is 5.75 Å². The second-order valence-electron chi connectivity index (χ2n) is 5.43. The van der Waals surface area contributed by atoms with Crippen molar-refractivity contribution in [1.82, 2.24) is 0 Å². The van der Waals surface area contributed by atoms with Crippen LogP contribution in [0, 0.1) is 0 Å². The molecule has 0 atom stereocenters. The molecular weight excluding hydrogens is 282 g/mol. The normalized spacial score (nSPS) is 10.4. The molecular formula is C17H25NO4. The quantitative estimate of drug-likeness (QED) is 0.447. The first-order valence-corrected chi connectivity index (χ1v) is 7.91. The van der Waals surface area contributed by atoms with Crippen LogP contribution >= 0.6 is 0 Å². The van der Waals surface area contributed by atoms with Gasteiger partial charge < -0.3 is 15.5 Å². The van der Waals surface area contributed by atoms with Crippen molar-refractivity contribution in [3.63, 3.8) is 0 Å². The fraction of sp³-hybridized carbons (Fsp3) is 0.529. The average molecular weight is 307 g/mol. The lowest BCUT2D eigenvalue weighted by molar-refractivity contribution is -0.116. The molecule has 0 heterocycles. The molecule has 3 N–H and O–H groups in total. The van der Waals surface area contributed by atoms with Gasteiger partial charge >= 0.3 is 5.97 Å². The molecule has 0 spiro atoms. The van der Waals surface area contributed by atoms with Crippen molar-refractivity contribution in [2.45, 2.75) is 58.3 Å². The number of hydrogen-bond donors (Lipinski definition) is 3. The standard InChI is InChI=1S/C17H25NO4/c1-2-3-4-5-6-7-8-12-15(19)18-14-11-9-10-13(16(14)20)17(21)22/h9-11,20H,2-8,12H2,1H3,(H,18,19)(H,21,22). The van der Waals surface area contributed by atoms with E-state index in [2.05, 4.69) is 12.2 Å². The Labute approximate surface area is 131 Å². The van der Waals surface area contributed by atoms with Crippen molar-refractivity contribution < 1.29 is 19.8 Å². The monoisotopic (exact) mass is 307 g/mol. The molecule has 0 unspecified atom stereocenters.